The minimum absolute atomic E-state index is 0.674. The lowest BCUT2D eigenvalue weighted by molar-refractivity contribution is 0.415. The van der Waals surface area contributed by atoms with Crippen molar-refractivity contribution in [2.24, 2.45) is 0 Å². The SMILES string of the molecule is COc1cccc(-c2cc(NC=S)ncn2)c1. The number of rotatable bonds is 4. The van der Waals surface area contributed by atoms with E-state index in [-0.39, 0.29) is 0 Å². The van der Waals surface area contributed by atoms with Crippen LogP contribution in [0.3, 0.4) is 0 Å². The number of benzene rings is 1. The van der Waals surface area contributed by atoms with Gasteiger partial charge in [0.1, 0.15) is 17.9 Å². The average Bonchev–Trinajstić information content (AvgIpc) is 2.40. The molecule has 1 aromatic carbocycles. The number of ether oxygens (including phenoxy) is 1. The van der Waals surface area contributed by atoms with Crippen molar-refractivity contribution in [1.29, 1.82) is 0 Å². The normalized spacial score (nSPS) is 9.71. The Morgan fingerprint density at radius 2 is 2.18 bits per heavy atom. The smallest absolute Gasteiger partial charge is 0.134 e. The fraction of sp³-hybridized carbons (Fsp3) is 0.0833. The zero-order valence-electron chi connectivity index (χ0n) is 9.25. The molecule has 0 aliphatic heterocycles. The molecule has 0 aliphatic rings. The fourth-order valence-electron chi connectivity index (χ4n) is 1.44. The minimum Gasteiger partial charge on any atom is -0.497 e. The van der Waals surface area contributed by atoms with Gasteiger partial charge in [-0.05, 0) is 12.1 Å². The van der Waals surface area contributed by atoms with Gasteiger partial charge in [0, 0.05) is 11.6 Å². The van der Waals surface area contributed by atoms with Crippen LogP contribution in [0.2, 0.25) is 0 Å². The molecular weight excluding hydrogens is 234 g/mol. The molecule has 1 aromatic heterocycles. The molecule has 2 aromatic rings. The van der Waals surface area contributed by atoms with E-state index in [1.807, 2.05) is 30.3 Å². The van der Waals surface area contributed by atoms with Crippen LogP contribution in [0.15, 0.2) is 36.7 Å². The fourth-order valence-corrected chi connectivity index (χ4v) is 1.56. The third-order valence-electron chi connectivity index (χ3n) is 2.24. The number of nitrogens with zero attached hydrogens (tertiary/aromatic N) is 2. The first-order chi connectivity index (χ1) is 8.33. The summed E-state index contributed by atoms with van der Waals surface area (Å²) >= 11 is 4.72. The lowest BCUT2D eigenvalue weighted by atomic mass is 10.1. The predicted molar refractivity (Wildman–Crippen MR) is 71.3 cm³/mol. The van der Waals surface area contributed by atoms with E-state index in [4.69, 9.17) is 17.0 Å². The Morgan fingerprint density at radius 3 is 2.94 bits per heavy atom. The summed E-state index contributed by atoms with van der Waals surface area (Å²) in [5.74, 6) is 1.47. The van der Waals surface area contributed by atoms with Gasteiger partial charge in [-0.25, -0.2) is 9.97 Å². The van der Waals surface area contributed by atoms with Crippen LogP contribution in [0.25, 0.3) is 11.3 Å². The second-order valence-electron chi connectivity index (χ2n) is 3.28. The Hall–Kier alpha value is -2.01. The van der Waals surface area contributed by atoms with Crippen molar-refractivity contribution in [3.63, 3.8) is 0 Å². The van der Waals surface area contributed by atoms with Gasteiger partial charge in [-0.3, -0.25) is 0 Å². The molecule has 0 aliphatic carbocycles. The first-order valence-electron chi connectivity index (χ1n) is 5.00. The Bertz CT molecular complexity index is 531. The van der Waals surface area contributed by atoms with Crippen LogP contribution in [0.4, 0.5) is 5.82 Å². The zero-order chi connectivity index (χ0) is 12.1. The zero-order valence-corrected chi connectivity index (χ0v) is 10.1. The second-order valence-corrected chi connectivity index (χ2v) is 3.52. The number of hydrogen-bond acceptors (Lipinski definition) is 4. The van der Waals surface area contributed by atoms with E-state index in [1.54, 1.807) is 7.11 Å². The average molecular weight is 245 g/mol. The Balaban J connectivity index is 2.37. The summed E-state index contributed by atoms with van der Waals surface area (Å²) < 4.78 is 5.17. The van der Waals surface area contributed by atoms with Crippen molar-refractivity contribution in [2.45, 2.75) is 0 Å². The van der Waals surface area contributed by atoms with Gasteiger partial charge in [0.25, 0.3) is 0 Å². The van der Waals surface area contributed by atoms with E-state index in [9.17, 15) is 0 Å². The van der Waals surface area contributed by atoms with Crippen LogP contribution in [-0.4, -0.2) is 22.6 Å². The van der Waals surface area contributed by atoms with Crippen LogP contribution in [0, 0.1) is 0 Å². The maximum Gasteiger partial charge on any atom is 0.134 e. The highest BCUT2D eigenvalue weighted by Crippen LogP contribution is 2.22. The van der Waals surface area contributed by atoms with E-state index >= 15 is 0 Å². The van der Waals surface area contributed by atoms with Gasteiger partial charge >= 0.3 is 0 Å². The van der Waals surface area contributed by atoms with Gasteiger partial charge in [-0.2, -0.15) is 0 Å². The van der Waals surface area contributed by atoms with Crippen molar-refractivity contribution >= 4 is 23.5 Å². The van der Waals surface area contributed by atoms with Crippen molar-refractivity contribution in [1.82, 2.24) is 9.97 Å². The number of aromatic nitrogens is 2. The van der Waals surface area contributed by atoms with Crippen LogP contribution < -0.4 is 10.1 Å². The Kier molecular flexibility index (Phi) is 3.62. The van der Waals surface area contributed by atoms with Crippen molar-refractivity contribution in [2.75, 3.05) is 12.4 Å². The van der Waals surface area contributed by atoms with Crippen molar-refractivity contribution in [3.05, 3.63) is 36.7 Å². The molecule has 0 unspecified atom stereocenters. The molecule has 5 heteroatoms. The molecule has 0 saturated heterocycles. The first-order valence-corrected chi connectivity index (χ1v) is 5.47. The molecule has 1 heterocycles. The Labute approximate surface area is 105 Å². The quantitative estimate of drug-likeness (QED) is 0.839. The van der Waals surface area contributed by atoms with Crippen LogP contribution in [-0.2, 0) is 0 Å². The lowest BCUT2D eigenvalue weighted by Gasteiger charge is -2.05. The summed E-state index contributed by atoms with van der Waals surface area (Å²) in [6.45, 7) is 0. The minimum atomic E-state index is 0.674. The maximum absolute atomic E-state index is 5.17. The number of hydrogen-bond donors (Lipinski definition) is 1. The molecule has 0 radical (unpaired) electrons. The molecule has 0 saturated carbocycles. The van der Waals surface area contributed by atoms with E-state index in [0.29, 0.717) is 5.82 Å². The third kappa shape index (κ3) is 2.76. The van der Waals surface area contributed by atoms with E-state index in [2.05, 4.69) is 15.3 Å². The van der Waals surface area contributed by atoms with Crippen molar-refractivity contribution in [3.8, 4) is 17.0 Å². The van der Waals surface area contributed by atoms with Gasteiger partial charge in [0.05, 0.1) is 18.3 Å². The maximum atomic E-state index is 5.17. The second kappa shape index (κ2) is 5.36. The van der Waals surface area contributed by atoms with Crippen LogP contribution in [0.5, 0.6) is 5.75 Å². The Morgan fingerprint density at radius 1 is 1.29 bits per heavy atom. The van der Waals surface area contributed by atoms with E-state index in [1.165, 1.54) is 11.8 Å². The van der Waals surface area contributed by atoms with Gasteiger partial charge in [-0.15, -0.1) is 0 Å². The number of thiocarbonyl (C=S) groups is 1. The molecule has 0 atom stereocenters. The summed E-state index contributed by atoms with van der Waals surface area (Å²) in [6, 6.07) is 9.52. The largest absolute Gasteiger partial charge is 0.497 e. The molecule has 17 heavy (non-hydrogen) atoms. The highest BCUT2D eigenvalue weighted by molar-refractivity contribution is 7.79. The topological polar surface area (TPSA) is 47.0 Å². The molecule has 4 nitrogen and oxygen atoms in total. The molecule has 0 fully saturated rings. The summed E-state index contributed by atoms with van der Waals surface area (Å²) in [5.41, 5.74) is 3.20. The summed E-state index contributed by atoms with van der Waals surface area (Å²) in [6.07, 6.45) is 1.50. The summed E-state index contributed by atoms with van der Waals surface area (Å²) in [7, 11) is 1.64. The highest BCUT2D eigenvalue weighted by Gasteiger charge is 2.02. The van der Waals surface area contributed by atoms with E-state index in [0.717, 1.165) is 17.0 Å². The lowest BCUT2D eigenvalue weighted by Crippen LogP contribution is -1.96. The van der Waals surface area contributed by atoms with Crippen LogP contribution in [0.1, 0.15) is 0 Å². The molecule has 0 spiro atoms. The molecular formula is C12H11N3OS. The molecule has 2 rings (SSSR count). The van der Waals surface area contributed by atoms with Crippen LogP contribution >= 0.6 is 12.2 Å². The van der Waals surface area contributed by atoms with Gasteiger partial charge in [-0.1, -0.05) is 24.4 Å². The van der Waals surface area contributed by atoms with Gasteiger partial charge < -0.3 is 10.1 Å². The van der Waals surface area contributed by atoms with Gasteiger partial charge in [0.2, 0.25) is 0 Å². The third-order valence-corrected chi connectivity index (χ3v) is 2.36. The highest BCUT2D eigenvalue weighted by atomic mass is 32.1. The summed E-state index contributed by atoms with van der Waals surface area (Å²) in [5, 5.41) is 2.85. The summed E-state index contributed by atoms with van der Waals surface area (Å²) in [4.78, 5) is 8.26. The monoisotopic (exact) mass is 245 g/mol. The standard InChI is InChI=1S/C12H11N3OS/c1-16-10-4-2-3-9(5-10)11-6-12(15-8-17)14-7-13-11/h2-8H,1H3,(H,13,14,15,17). The molecule has 1 N–H and O–H groups in total. The number of nitrogens with one attached hydrogen (secondary N) is 1. The predicted octanol–water partition coefficient (Wildman–Crippen LogP) is 2.52. The van der Waals surface area contributed by atoms with Crippen molar-refractivity contribution < 1.29 is 4.74 Å². The molecule has 0 amide bonds. The van der Waals surface area contributed by atoms with E-state index < -0.39 is 0 Å². The first kappa shape index (κ1) is 11.5. The molecule has 0 bridgehead atoms. The van der Waals surface area contributed by atoms with Gasteiger partial charge in [0.15, 0.2) is 0 Å². The molecule has 86 valence electrons. The number of anilines is 1. The number of methoxy groups -OCH3 is 1.